The summed E-state index contributed by atoms with van der Waals surface area (Å²) in [7, 11) is 1.56. The largest absolute Gasteiger partial charge is 0.495 e. The van der Waals surface area contributed by atoms with Gasteiger partial charge in [-0.2, -0.15) is 0 Å². The van der Waals surface area contributed by atoms with Crippen LogP contribution in [0.25, 0.3) is 0 Å². The predicted octanol–water partition coefficient (Wildman–Crippen LogP) is 2.65. The van der Waals surface area contributed by atoms with Gasteiger partial charge in [-0.3, -0.25) is 9.59 Å². The lowest BCUT2D eigenvalue weighted by atomic mass is 10.1. The van der Waals surface area contributed by atoms with Gasteiger partial charge in [-0.05, 0) is 17.9 Å². The van der Waals surface area contributed by atoms with E-state index in [9.17, 15) is 9.59 Å². The Labute approximate surface area is 153 Å². The molecule has 1 aromatic heterocycles. The predicted molar refractivity (Wildman–Crippen MR) is 98.4 cm³/mol. The number of anilines is 2. The molecular formula is C16H18N4O3S2. The molecule has 1 saturated heterocycles. The van der Waals surface area contributed by atoms with Crippen LogP contribution in [0.2, 0.25) is 0 Å². The first kappa shape index (κ1) is 17.7. The molecule has 9 heteroatoms. The topological polar surface area (TPSA) is 84.4 Å². The zero-order chi connectivity index (χ0) is 17.8. The minimum atomic E-state index is -0.427. The van der Waals surface area contributed by atoms with Gasteiger partial charge in [-0.15, -0.1) is 10.2 Å². The molecule has 0 bridgehead atoms. The summed E-state index contributed by atoms with van der Waals surface area (Å²) in [6.07, 6.45) is 0.166. The fourth-order valence-corrected chi connectivity index (χ4v) is 4.27. The molecule has 1 aliphatic heterocycles. The molecule has 2 aromatic rings. The Balaban J connectivity index is 1.68. The SMILES string of the molecule is CCSc1nnc(NC(=O)C2CC(=O)N(c3ccccc3OC)C2)s1. The first-order chi connectivity index (χ1) is 12.1. The number of amides is 2. The highest BCUT2D eigenvalue weighted by atomic mass is 32.2. The molecule has 1 atom stereocenters. The van der Waals surface area contributed by atoms with Crippen molar-refractivity contribution in [3.63, 3.8) is 0 Å². The molecule has 0 spiro atoms. The van der Waals surface area contributed by atoms with E-state index in [4.69, 9.17) is 4.74 Å². The minimum Gasteiger partial charge on any atom is -0.495 e. The first-order valence-electron chi connectivity index (χ1n) is 7.83. The van der Waals surface area contributed by atoms with Crippen LogP contribution in [0, 0.1) is 5.92 Å². The van der Waals surface area contributed by atoms with Crippen molar-refractivity contribution in [1.82, 2.24) is 10.2 Å². The Morgan fingerprint density at radius 3 is 3.00 bits per heavy atom. The molecule has 1 aliphatic rings. The molecule has 0 radical (unpaired) electrons. The molecule has 25 heavy (non-hydrogen) atoms. The third kappa shape index (κ3) is 3.93. The quantitative estimate of drug-likeness (QED) is 0.614. The fourth-order valence-electron chi connectivity index (χ4n) is 2.62. The smallest absolute Gasteiger partial charge is 0.231 e. The van der Waals surface area contributed by atoms with E-state index in [-0.39, 0.29) is 18.2 Å². The molecule has 0 aliphatic carbocycles. The molecular weight excluding hydrogens is 360 g/mol. The van der Waals surface area contributed by atoms with E-state index >= 15 is 0 Å². The molecule has 3 rings (SSSR count). The Bertz CT molecular complexity index is 780. The van der Waals surface area contributed by atoms with Gasteiger partial charge in [-0.1, -0.05) is 42.2 Å². The van der Waals surface area contributed by atoms with Gasteiger partial charge in [0.1, 0.15) is 5.75 Å². The normalized spacial score (nSPS) is 17.0. The first-order valence-corrected chi connectivity index (χ1v) is 9.63. The molecule has 1 fully saturated rings. The zero-order valence-electron chi connectivity index (χ0n) is 13.9. The van der Waals surface area contributed by atoms with Crippen LogP contribution in [-0.2, 0) is 9.59 Å². The minimum absolute atomic E-state index is 0.0934. The van der Waals surface area contributed by atoms with Crippen LogP contribution in [-0.4, -0.2) is 41.4 Å². The maximum absolute atomic E-state index is 12.5. The van der Waals surface area contributed by atoms with Gasteiger partial charge in [0.2, 0.25) is 16.9 Å². The number of nitrogens with one attached hydrogen (secondary N) is 1. The Hall–Kier alpha value is -2.13. The number of benzene rings is 1. The number of methoxy groups -OCH3 is 1. The summed E-state index contributed by atoms with van der Waals surface area (Å²) in [4.78, 5) is 26.4. The second-order valence-electron chi connectivity index (χ2n) is 5.37. The van der Waals surface area contributed by atoms with Gasteiger partial charge in [0.25, 0.3) is 0 Å². The van der Waals surface area contributed by atoms with Gasteiger partial charge in [-0.25, -0.2) is 0 Å². The Morgan fingerprint density at radius 1 is 1.44 bits per heavy atom. The molecule has 0 saturated carbocycles. The molecule has 7 nitrogen and oxygen atoms in total. The summed E-state index contributed by atoms with van der Waals surface area (Å²) < 4.78 is 6.13. The monoisotopic (exact) mass is 378 g/mol. The van der Waals surface area contributed by atoms with E-state index in [1.807, 2.05) is 25.1 Å². The number of ether oxygens (including phenoxy) is 1. The number of nitrogens with zero attached hydrogens (tertiary/aromatic N) is 3. The Morgan fingerprint density at radius 2 is 2.24 bits per heavy atom. The average molecular weight is 378 g/mol. The third-order valence-corrected chi connectivity index (χ3v) is 5.63. The highest BCUT2D eigenvalue weighted by Gasteiger charge is 2.36. The maximum atomic E-state index is 12.5. The van der Waals surface area contributed by atoms with Crippen molar-refractivity contribution < 1.29 is 14.3 Å². The van der Waals surface area contributed by atoms with E-state index in [1.54, 1.807) is 29.8 Å². The summed E-state index contributed by atoms with van der Waals surface area (Å²) >= 11 is 2.91. The number of para-hydroxylation sites is 2. The van der Waals surface area contributed by atoms with Crippen LogP contribution in [0.1, 0.15) is 13.3 Å². The van der Waals surface area contributed by atoms with E-state index < -0.39 is 5.92 Å². The number of carbonyl (C=O) groups excluding carboxylic acids is 2. The van der Waals surface area contributed by atoms with E-state index in [0.717, 1.165) is 10.1 Å². The number of carbonyl (C=O) groups is 2. The lowest BCUT2D eigenvalue weighted by Crippen LogP contribution is -2.28. The second-order valence-corrected chi connectivity index (χ2v) is 7.86. The lowest BCUT2D eigenvalue weighted by molar-refractivity contribution is -0.122. The number of hydrogen-bond donors (Lipinski definition) is 1. The van der Waals surface area contributed by atoms with Gasteiger partial charge in [0, 0.05) is 13.0 Å². The fraction of sp³-hybridized carbons (Fsp3) is 0.375. The van der Waals surface area contributed by atoms with Gasteiger partial charge >= 0.3 is 0 Å². The summed E-state index contributed by atoms with van der Waals surface area (Å²) in [5, 5.41) is 11.2. The second kappa shape index (κ2) is 7.83. The van der Waals surface area contributed by atoms with Crippen molar-refractivity contribution in [3.05, 3.63) is 24.3 Å². The van der Waals surface area contributed by atoms with Crippen LogP contribution in [0.4, 0.5) is 10.8 Å². The van der Waals surface area contributed by atoms with Crippen molar-refractivity contribution in [1.29, 1.82) is 0 Å². The van der Waals surface area contributed by atoms with Crippen LogP contribution < -0.4 is 15.0 Å². The van der Waals surface area contributed by atoms with Crippen molar-refractivity contribution in [2.24, 2.45) is 5.92 Å². The molecule has 1 aromatic carbocycles. The van der Waals surface area contributed by atoms with E-state index in [0.29, 0.717) is 23.1 Å². The summed E-state index contributed by atoms with van der Waals surface area (Å²) in [5.41, 5.74) is 0.683. The number of rotatable bonds is 6. The number of thioether (sulfide) groups is 1. The average Bonchev–Trinajstić information content (AvgIpc) is 3.21. The van der Waals surface area contributed by atoms with Gasteiger partial charge in [0.05, 0.1) is 18.7 Å². The van der Waals surface area contributed by atoms with E-state index in [1.165, 1.54) is 11.3 Å². The number of hydrogen-bond acceptors (Lipinski definition) is 7. The standard InChI is InChI=1S/C16H18N4O3S2/c1-3-24-16-19-18-15(25-16)17-14(22)10-8-13(21)20(9-10)11-6-4-5-7-12(11)23-2/h4-7,10H,3,8-9H2,1-2H3,(H,17,18,22). The van der Waals surface area contributed by atoms with Crippen molar-refractivity contribution in [2.45, 2.75) is 17.7 Å². The number of aromatic nitrogens is 2. The van der Waals surface area contributed by atoms with Crippen molar-refractivity contribution in [3.8, 4) is 5.75 Å². The summed E-state index contributed by atoms with van der Waals surface area (Å²) in [5.74, 6) is 0.776. The molecule has 132 valence electrons. The van der Waals surface area contributed by atoms with Crippen LogP contribution in [0.15, 0.2) is 28.6 Å². The van der Waals surface area contributed by atoms with Crippen LogP contribution in [0.5, 0.6) is 5.75 Å². The van der Waals surface area contributed by atoms with Gasteiger partial charge < -0.3 is 15.0 Å². The van der Waals surface area contributed by atoms with Gasteiger partial charge in [0.15, 0.2) is 4.34 Å². The van der Waals surface area contributed by atoms with Crippen LogP contribution in [0.3, 0.4) is 0 Å². The van der Waals surface area contributed by atoms with E-state index in [2.05, 4.69) is 15.5 Å². The summed E-state index contributed by atoms with van der Waals surface area (Å²) in [6.45, 7) is 2.35. The van der Waals surface area contributed by atoms with Crippen molar-refractivity contribution in [2.75, 3.05) is 29.6 Å². The lowest BCUT2D eigenvalue weighted by Gasteiger charge is -2.19. The summed E-state index contributed by atoms with van der Waals surface area (Å²) in [6, 6.07) is 7.29. The molecule has 1 N–H and O–H groups in total. The van der Waals surface area contributed by atoms with Crippen LogP contribution >= 0.6 is 23.1 Å². The highest BCUT2D eigenvalue weighted by molar-refractivity contribution is 8.01. The third-order valence-electron chi connectivity index (χ3n) is 3.78. The Kier molecular flexibility index (Phi) is 5.54. The molecule has 2 amide bonds. The zero-order valence-corrected chi connectivity index (χ0v) is 15.5. The maximum Gasteiger partial charge on any atom is 0.231 e. The highest BCUT2D eigenvalue weighted by Crippen LogP contribution is 2.33. The molecule has 2 heterocycles. The van der Waals surface area contributed by atoms with Crippen molar-refractivity contribution >= 4 is 45.7 Å². The molecule has 1 unspecified atom stereocenters.